The average molecular weight is 428 g/mol. The third-order valence-corrected chi connectivity index (χ3v) is 8.13. The van der Waals surface area contributed by atoms with Crippen LogP contribution in [0.4, 0.5) is 0 Å². The summed E-state index contributed by atoms with van der Waals surface area (Å²) in [7, 11) is 0. The van der Waals surface area contributed by atoms with Gasteiger partial charge >= 0.3 is 168 Å². The van der Waals surface area contributed by atoms with Crippen LogP contribution in [0.1, 0.15) is 38.1 Å². The molecule has 0 aliphatic carbocycles. The molecule has 0 radical (unpaired) electrons. The van der Waals surface area contributed by atoms with Gasteiger partial charge in [-0.3, -0.25) is 0 Å². The van der Waals surface area contributed by atoms with Crippen LogP contribution in [0.3, 0.4) is 0 Å². The number of carbonyl (C=O) groups is 2. The summed E-state index contributed by atoms with van der Waals surface area (Å²) in [6.45, 7) is 8.88. The summed E-state index contributed by atoms with van der Waals surface area (Å²) in [5.41, 5.74) is -0.0123. The van der Waals surface area contributed by atoms with Crippen molar-refractivity contribution in [3.05, 3.63) is 66.2 Å². The molecule has 27 heavy (non-hydrogen) atoms. The minimum absolute atomic E-state index is 0.0253. The van der Waals surface area contributed by atoms with Crippen molar-refractivity contribution in [1.82, 2.24) is 4.90 Å². The van der Waals surface area contributed by atoms with Crippen LogP contribution >= 0.6 is 0 Å². The van der Waals surface area contributed by atoms with E-state index in [1.807, 2.05) is 74.2 Å². The van der Waals surface area contributed by atoms with E-state index < -0.39 is 5.92 Å². The van der Waals surface area contributed by atoms with Gasteiger partial charge in [0.2, 0.25) is 0 Å². The molecule has 142 valence electrons. The van der Waals surface area contributed by atoms with Crippen LogP contribution in [-0.4, -0.2) is 43.6 Å². The quantitative estimate of drug-likeness (QED) is 0.415. The van der Waals surface area contributed by atoms with Crippen LogP contribution in [-0.2, 0) is 4.79 Å². The van der Waals surface area contributed by atoms with E-state index in [9.17, 15) is 9.59 Å². The first-order chi connectivity index (χ1) is 12.7. The molecule has 1 aliphatic heterocycles. The Morgan fingerprint density at radius 2 is 1.63 bits per heavy atom. The molecule has 3 rings (SSSR count). The second kappa shape index (κ2) is 7.61. The number of likely N-dealkylation sites (tertiary alicyclic amines) is 1. The molecule has 0 aromatic heterocycles. The molecule has 0 saturated carbocycles. The number of Topliss-reactive ketones (excluding diaryl/α,β-unsaturated/α-hetero) is 1. The zero-order chi connectivity index (χ0) is 19.7. The number of benzene rings is 2. The maximum atomic E-state index is 13.3. The first-order valence-corrected chi connectivity index (χ1v) is 11.4. The maximum absolute atomic E-state index is 13.3. The molecular weight excluding hydrogens is 401 g/mol. The molecule has 0 N–H and O–H groups in total. The number of carbonyl (C=O) groups excluding carboxylic acids is 2. The molecule has 1 aliphatic rings. The number of rotatable bonds is 5. The fraction of sp³-hybridized carbons (Fsp3) is 0.391. The Labute approximate surface area is 168 Å². The molecule has 4 heteroatoms. The predicted octanol–water partition coefficient (Wildman–Crippen LogP) is 3.58. The Hall–Kier alpha value is -1.90. The molecule has 2 atom stereocenters. The van der Waals surface area contributed by atoms with Crippen LogP contribution in [0.5, 0.6) is 0 Å². The molecule has 1 heterocycles. The van der Waals surface area contributed by atoms with Crippen LogP contribution in [0.2, 0.25) is 5.32 Å². The van der Waals surface area contributed by atoms with Gasteiger partial charge in [0.25, 0.3) is 0 Å². The van der Waals surface area contributed by atoms with E-state index in [1.54, 1.807) is 0 Å². The van der Waals surface area contributed by atoms with Gasteiger partial charge in [-0.1, -0.05) is 0 Å². The minimum atomic E-state index is -0.607. The molecule has 2 aromatic carbocycles. The molecule has 0 spiro atoms. The molecular formula is C23H27NO2Se. The van der Waals surface area contributed by atoms with Gasteiger partial charge in [-0.2, -0.15) is 0 Å². The van der Waals surface area contributed by atoms with Crippen molar-refractivity contribution in [2.45, 2.75) is 38.6 Å². The second-order valence-corrected chi connectivity index (χ2v) is 10.7. The van der Waals surface area contributed by atoms with Gasteiger partial charge in [0.05, 0.1) is 0 Å². The average Bonchev–Trinajstić information content (AvgIpc) is 2.92. The summed E-state index contributed by atoms with van der Waals surface area (Å²) in [4.78, 5) is 28.5. The van der Waals surface area contributed by atoms with Crippen molar-refractivity contribution in [3.8, 4) is 0 Å². The van der Waals surface area contributed by atoms with Crippen molar-refractivity contribution >= 4 is 31.1 Å². The van der Waals surface area contributed by atoms with E-state index in [2.05, 4.69) is 19.1 Å². The van der Waals surface area contributed by atoms with E-state index >= 15 is 0 Å². The van der Waals surface area contributed by atoms with Gasteiger partial charge in [-0.15, -0.1) is 0 Å². The number of ketones is 1. The predicted molar refractivity (Wildman–Crippen MR) is 110 cm³/mol. The van der Waals surface area contributed by atoms with Crippen molar-refractivity contribution in [1.29, 1.82) is 0 Å². The Morgan fingerprint density at radius 1 is 1.07 bits per heavy atom. The van der Waals surface area contributed by atoms with Gasteiger partial charge in [-0.05, 0) is 0 Å². The van der Waals surface area contributed by atoms with Crippen LogP contribution in [0.25, 0.3) is 0 Å². The number of hydrogen-bond donors (Lipinski definition) is 0. The zero-order valence-corrected chi connectivity index (χ0v) is 18.2. The van der Waals surface area contributed by atoms with Gasteiger partial charge in [0.15, 0.2) is 0 Å². The topological polar surface area (TPSA) is 37.4 Å². The summed E-state index contributed by atoms with van der Waals surface area (Å²) < 4.78 is 1.30. The summed E-state index contributed by atoms with van der Waals surface area (Å²) in [6, 6.07) is 19.6. The molecule has 0 unspecified atom stereocenters. The van der Waals surface area contributed by atoms with Crippen molar-refractivity contribution in [2.24, 2.45) is 11.3 Å². The second-order valence-electron chi connectivity index (χ2n) is 8.51. The van der Waals surface area contributed by atoms with Gasteiger partial charge < -0.3 is 0 Å². The Balaban J connectivity index is 1.92. The summed E-state index contributed by atoms with van der Waals surface area (Å²) in [5.74, 6) is -0.675. The summed E-state index contributed by atoms with van der Waals surface area (Å²) in [5, 5.41) is 0.867. The summed E-state index contributed by atoms with van der Waals surface area (Å²) >= 11 is 0.222. The van der Waals surface area contributed by atoms with Crippen LogP contribution in [0, 0.1) is 11.3 Å². The molecule has 1 fully saturated rings. The molecule has 3 nitrogen and oxygen atoms in total. The molecule has 2 aromatic rings. The van der Waals surface area contributed by atoms with Crippen LogP contribution < -0.4 is 4.46 Å². The van der Waals surface area contributed by atoms with Gasteiger partial charge in [-0.25, -0.2) is 0 Å². The Bertz CT molecular complexity index is 813. The summed E-state index contributed by atoms with van der Waals surface area (Å²) in [6.07, 6.45) is 0. The Morgan fingerprint density at radius 3 is 2.19 bits per heavy atom. The number of amides is 1. The van der Waals surface area contributed by atoms with Gasteiger partial charge in [0, 0.05) is 0 Å². The zero-order valence-electron chi connectivity index (χ0n) is 16.4. The molecule has 0 bridgehead atoms. The van der Waals surface area contributed by atoms with Crippen molar-refractivity contribution in [2.75, 3.05) is 6.54 Å². The normalized spacial score (nSPS) is 22.9. The third-order valence-electron chi connectivity index (χ3n) is 5.17. The van der Waals surface area contributed by atoms with Crippen molar-refractivity contribution in [3.63, 3.8) is 0 Å². The van der Waals surface area contributed by atoms with E-state index in [-0.39, 0.29) is 37.6 Å². The molecule has 1 amide bonds. The van der Waals surface area contributed by atoms with Gasteiger partial charge in [0.1, 0.15) is 0 Å². The molecule has 1 saturated heterocycles. The SMILES string of the molecule is CC(C)(C)N1C[C@](C)(C[Se]c2ccccc2)[C@@H](C(=O)c2ccccc2)C1=O. The fourth-order valence-electron chi connectivity index (χ4n) is 3.64. The van der Waals surface area contributed by atoms with E-state index in [4.69, 9.17) is 0 Å². The van der Waals surface area contributed by atoms with Crippen LogP contribution in [0.15, 0.2) is 60.7 Å². The first-order valence-electron chi connectivity index (χ1n) is 9.31. The monoisotopic (exact) mass is 429 g/mol. The van der Waals surface area contributed by atoms with E-state index in [0.29, 0.717) is 12.1 Å². The number of hydrogen-bond acceptors (Lipinski definition) is 2. The third kappa shape index (κ3) is 4.17. The first kappa shape index (κ1) is 19.8. The van der Waals surface area contributed by atoms with E-state index in [0.717, 1.165) is 5.32 Å². The van der Waals surface area contributed by atoms with Crippen molar-refractivity contribution < 1.29 is 9.59 Å². The number of nitrogens with zero attached hydrogens (tertiary/aromatic N) is 1. The Kier molecular flexibility index (Phi) is 5.60. The standard InChI is InChI=1S/C23H27NO2Se/c1-22(2,3)24-15-23(4,16-27-18-13-9-6-10-14-18)19(21(24)26)20(25)17-11-7-5-8-12-17/h5-14,19H,15-16H2,1-4H3/t19-,23+/m0/s1. The van der Waals surface area contributed by atoms with E-state index in [1.165, 1.54) is 4.46 Å². The fourth-order valence-corrected chi connectivity index (χ4v) is 5.96.